The van der Waals surface area contributed by atoms with Crippen molar-refractivity contribution in [3.63, 3.8) is 0 Å². The number of para-hydroxylation sites is 2. The van der Waals surface area contributed by atoms with Crippen molar-refractivity contribution < 1.29 is 28.0 Å². The van der Waals surface area contributed by atoms with E-state index < -0.39 is 45.3 Å². The smallest absolute Gasteiger partial charge is 0.253 e. The first kappa shape index (κ1) is 53.2. The van der Waals surface area contributed by atoms with E-state index in [1.807, 2.05) is 273 Å². The van der Waals surface area contributed by atoms with Crippen LogP contribution in [0.25, 0.3) is 55.3 Å². The molecular formula is C77H47N7O6. The maximum absolute atomic E-state index is 16.7. The van der Waals surface area contributed by atoms with Crippen LogP contribution in [0, 0.1) is 11.3 Å². The Morgan fingerprint density at radius 1 is 0.322 bits per heavy atom. The van der Waals surface area contributed by atoms with E-state index >= 15 is 19.2 Å². The largest absolute Gasteiger partial charge is 0.438 e. The molecule has 2 unspecified atom stereocenters. The van der Waals surface area contributed by atoms with E-state index in [-0.39, 0.29) is 29.0 Å². The van der Waals surface area contributed by atoms with Gasteiger partial charge < -0.3 is 8.83 Å². The normalized spacial score (nSPS) is 17.9. The number of amides is 4. The van der Waals surface area contributed by atoms with Crippen molar-refractivity contribution in [2.24, 2.45) is 0 Å². The summed E-state index contributed by atoms with van der Waals surface area (Å²) in [5.41, 5.74) is -0.223. The van der Waals surface area contributed by atoms with Crippen molar-refractivity contribution >= 4 is 79.7 Å². The number of nitrogens with zero attached hydrogens (tertiary/aromatic N) is 7. The average Bonchev–Trinajstić information content (AvgIpc) is 1.48. The minimum absolute atomic E-state index is 0.0486. The van der Waals surface area contributed by atoms with Crippen molar-refractivity contribution in [2.45, 2.75) is 21.7 Å². The van der Waals surface area contributed by atoms with Gasteiger partial charge >= 0.3 is 0 Å². The molecule has 2 fully saturated rings. The molecule has 2 aliphatic rings. The third kappa shape index (κ3) is 7.18. The summed E-state index contributed by atoms with van der Waals surface area (Å²) in [5, 5.41) is 13.1. The fraction of sp³-hybridized carbons (Fsp3) is 0.0519. The highest BCUT2D eigenvalue weighted by atomic mass is 16.3. The first-order valence-corrected chi connectivity index (χ1v) is 29.3. The number of carbonyl (C=O) groups is 4. The number of aromatic nitrogens is 4. The molecule has 2 atom stereocenters. The van der Waals surface area contributed by atoms with Crippen LogP contribution < -0.4 is 9.80 Å². The van der Waals surface area contributed by atoms with Crippen LogP contribution in [0.3, 0.4) is 0 Å². The van der Waals surface area contributed by atoms with Crippen LogP contribution in [0.2, 0.25) is 0 Å². The molecule has 4 amide bonds. The van der Waals surface area contributed by atoms with Crippen molar-refractivity contribution in [1.29, 1.82) is 5.26 Å². The van der Waals surface area contributed by atoms with E-state index in [1.165, 1.54) is 0 Å². The predicted molar refractivity (Wildman–Crippen MR) is 342 cm³/mol. The summed E-state index contributed by atoms with van der Waals surface area (Å²) < 4.78 is 12.5. The molecule has 2 saturated heterocycles. The molecule has 14 aromatic rings. The van der Waals surface area contributed by atoms with Crippen LogP contribution in [0.1, 0.15) is 50.2 Å². The molecule has 16 rings (SSSR count). The Morgan fingerprint density at radius 2 is 0.633 bits per heavy atom. The zero-order valence-electron chi connectivity index (χ0n) is 47.7. The summed E-state index contributed by atoms with van der Waals surface area (Å²) in [4.78, 5) is 87.8. The highest BCUT2D eigenvalue weighted by Gasteiger charge is 2.75. The summed E-state index contributed by atoms with van der Waals surface area (Å²) in [5.74, 6) is -2.84. The lowest BCUT2D eigenvalue weighted by molar-refractivity contribution is -0.124. The molecule has 4 aromatic heterocycles. The number of hydrogen-bond donors (Lipinski definition) is 0. The summed E-state index contributed by atoms with van der Waals surface area (Å²) in [6.45, 7) is 0. The van der Waals surface area contributed by atoms with Gasteiger partial charge in [0.2, 0.25) is 23.3 Å². The van der Waals surface area contributed by atoms with Crippen molar-refractivity contribution in [3.05, 3.63) is 335 Å². The molecule has 0 aliphatic carbocycles. The molecule has 0 N–H and O–H groups in total. The second kappa shape index (κ2) is 20.4. The van der Waals surface area contributed by atoms with Gasteiger partial charge in [0.25, 0.3) is 23.6 Å². The van der Waals surface area contributed by atoms with Crippen LogP contribution in [0.15, 0.2) is 294 Å². The van der Waals surface area contributed by atoms with E-state index in [0.717, 1.165) is 26.3 Å². The van der Waals surface area contributed by atoms with Gasteiger partial charge in [-0.2, -0.15) is 15.2 Å². The minimum atomic E-state index is -1.87. The second-order valence-electron chi connectivity index (χ2n) is 22.5. The average molecular weight is 1170 g/mol. The molecule has 0 bridgehead atoms. The number of hydrogen-bond acceptors (Lipinski definition) is 11. The zero-order valence-corrected chi connectivity index (χ0v) is 47.7. The predicted octanol–water partition coefficient (Wildman–Crippen LogP) is 14.3. The number of carbonyl (C=O) groups excluding carboxylic acids is 4. The summed E-state index contributed by atoms with van der Waals surface area (Å²) in [6.07, 6.45) is 1.60. The Kier molecular flexibility index (Phi) is 12.1. The Hall–Kier alpha value is -12.3. The number of anilines is 2. The van der Waals surface area contributed by atoms with Gasteiger partial charge in [-0.3, -0.25) is 19.2 Å². The lowest BCUT2D eigenvalue weighted by Crippen LogP contribution is -2.53. The van der Waals surface area contributed by atoms with Gasteiger partial charge in [0.15, 0.2) is 5.69 Å². The SMILES string of the molecule is N#Cc1nc(N2C(=O)C(c3ccccc3)(c3ccccc3)C(c3ccccc3)(c3ccc(-c4ccc(C5(c6ccccc6)C(=O)N(c6ncc7c(n6)oc6ccccc67)C(=O)C5(c5ccccc5)c5ccccc5)cc4)cc3)C2=O)nc2oc3ccccc3c12. The zero-order chi connectivity index (χ0) is 60.8. The Bertz CT molecular complexity index is 5160. The Morgan fingerprint density at radius 3 is 1.02 bits per heavy atom. The molecule has 6 heterocycles. The second-order valence-corrected chi connectivity index (χ2v) is 22.5. The number of nitriles is 1. The maximum Gasteiger partial charge on any atom is 0.253 e. The van der Waals surface area contributed by atoms with E-state index in [9.17, 15) is 5.26 Å². The number of fused-ring (bicyclic) bond motifs is 6. The number of imide groups is 2. The molecule has 0 radical (unpaired) electrons. The first-order valence-electron chi connectivity index (χ1n) is 29.3. The van der Waals surface area contributed by atoms with Gasteiger partial charge in [-0.15, -0.1) is 0 Å². The maximum atomic E-state index is 16.7. The first-order chi connectivity index (χ1) is 44.3. The molecule has 13 heteroatoms. The molecule has 0 spiro atoms. The van der Waals surface area contributed by atoms with Crippen molar-refractivity contribution in [1.82, 2.24) is 19.9 Å². The van der Waals surface area contributed by atoms with E-state index in [0.29, 0.717) is 71.8 Å². The van der Waals surface area contributed by atoms with Crippen LogP contribution in [0.5, 0.6) is 0 Å². The number of benzene rings is 10. The summed E-state index contributed by atoms with van der Waals surface area (Å²) in [7, 11) is 0. The highest BCUT2D eigenvalue weighted by molar-refractivity contribution is 6.33. The number of furan rings is 2. The quantitative estimate of drug-likeness (QED) is 0.113. The fourth-order valence-corrected chi connectivity index (χ4v) is 14.6. The fourth-order valence-electron chi connectivity index (χ4n) is 14.6. The standard InChI is InChI=1S/C77H47N7O6/c78-47-62-65-60-36-20-22-38-64(60)90-67(65)82-73(80-62)84-70(87)75(53-27-11-3-12-28-53,54-29-13-4-14-30-54)77(71(84)88,56-33-17-6-18-34-56)58-45-41-50(42-46-58)49-39-43-57(44-40-49)76(55-31-15-5-16-32-55)69(86)83(72-79-48-61-59-35-19-21-37-63(59)89-66(61)81-72)68(85)74(76,51-23-7-1-8-24-51)52-25-9-2-10-26-52/h1-46,48H. The molecular weight excluding hydrogens is 1120 g/mol. The van der Waals surface area contributed by atoms with Gasteiger partial charge in [0, 0.05) is 17.0 Å². The highest BCUT2D eigenvalue weighted by Crippen LogP contribution is 2.62. The topological polar surface area (TPSA) is 176 Å². The summed E-state index contributed by atoms with van der Waals surface area (Å²) in [6, 6.07) is 88.2. The van der Waals surface area contributed by atoms with Crippen LogP contribution in [0.4, 0.5) is 11.9 Å². The van der Waals surface area contributed by atoms with Gasteiger partial charge in [-0.1, -0.05) is 267 Å². The van der Waals surface area contributed by atoms with Gasteiger partial charge in [-0.25, -0.2) is 19.8 Å². The molecule has 2 aliphatic heterocycles. The third-order valence-corrected chi connectivity index (χ3v) is 18.3. The van der Waals surface area contributed by atoms with Crippen LogP contribution >= 0.6 is 0 Å². The van der Waals surface area contributed by atoms with Gasteiger partial charge in [-0.05, 0) is 67.8 Å². The lowest BCUT2D eigenvalue weighted by atomic mass is 9.52. The van der Waals surface area contributed by atoms with Crippen molar-refractivity contribution in [2.75, 3.05) is 9.80 Å². The van der Waals surface area contributed by atoms with Gasteiger partial charge in [0.05, 0.1) is 10.8 Å². The molecule has 10 aromatic carbocycles. The van der Waals surface area contributed by atoms with Crippen LogP contribution in [-0.4, -0.2) is 43.6 Å². The summed E-state index contributed by atoms with van der Waals surface area (Å²) >= 11 is 0. The van der Waals surface area contributed by atoms with Crippen LogP contribution in [-0.2, 0) is 40.8 Å². The molecule has 426 valence electrons. The van der Waals surface area contributed by atoms with Gasteiger partial charge in [0.1, 0.15) is 38.9 Å². The Balaban J connectivity index is 0.890. The van der Waals surface area contributed by atoms with E-state index in [1.54, 1.807) is 12.3 Å². The van der Waals surface area contributed by atoms with E-state index in [2.05, 4.69) is 6.07 Å². The minimum Gasteiger partial charge on any atom is -0.438 e. The van der Waals surface area contributed by atoms with E-state index in [4.69, 9.17) is 28.8 Å². The molecule has 0 saturated carbocycles. The lowest BCUT2D eigenvalue weighted by Gasteiger charge is -2.43. The number of rotatable bonds is 11. The third-order valence-electron chi connectivity index (χ3n) is 18.3. The molecule has 13 nitrogen and oxygen atoms in total. The molecule has 90 heavy (non-hydrogen) atoms. The van der Waals surface area contributed by atoms with Crippen molar-refractivity contribution in [3.8, 4) is 17.2 Å². The monoisotopic (exact) mass is 1170 g/mol. The Labute approximate surface area is 514 Å².